The van der Waals surface area contributed by atoms with E-state index >= 15 is 0 Å². The molecule has 5 nitrogen and oxygen atoms in total. The smallest absolute Gasteiger partial charge is 0.235 e. The summed E-state index contributed by atoms with van der Waals surface area (Å²) in [6.45, 7) is 0. The second-order valence-electron chi connectivity index (χ2n) is 12.2. The summed E-state index contributed by atoms with van der Waals surface area (Å²) in [6, 6.07) is 58.7. The van der Waals surface area contributed by atoms with E-state index in [-0.39, 0.29) is 0 Å². The fourth-order valence-corrected chi connectivity index (χ4v) is 7.21. The minimum atomic E-state index is 0.623. The number of hydrogen-bond donors (Lipinski definition) is 0. The normalized spacial score (nSPS) is 11.7. The first kappa shape index (κ1) is 27.4. The molecule has 0 unspecified atom stereocenters. The Hall–Kier alpha value is -6.72. The number of nitrogens with zero attached hydrogens (tertiary/aromatic N) is 4. The van der Waals surface area contributed by atoms with Crippen LogP contribution in [0.3, 0.4) is 0 Å². The maximum atomic E-state index is 6.64. The van der Waals surface area contributed by atoms with Crippen LogP contribution in [0.1, 0.15) is 0 Å². The lowest BCUT2D eigenvalue weighted by molar-refractivity contribution is 0.560. The molecule has 0 N–H and O–H groups in total. The van der Waals surface area contributed by atoms with Gasteiger partial charge in [0.1, 0.15) is 5.76 Å². The van der Waals surface area contributed by atoms with E-state index < -0.39 is 0 Å². The van der Waals surface area contributed by atoms with Gasteiger partial charge in [0.15, 0.2) is 0 Å². The lowest BCUT2D eigenvalue weighted by atomic mass is 10.1. The topological polar surface area (TPSA) is 48.8 Å². The molecule has 0 aliphatic heterocycles. The van der Waals surface area contributed by atoms with Crippen molar-refractivity contribution in [3.05, 3.63) is 170 Å². The fourth-order valence-electron chi connectivity index (χ4n) is 7.21. The molecule has 0 amide bonds. The quantitative estimate of drug-likeness (QED) is 0.191. The number of aromatic nitrogens is 4. The minimum Gasteiger partial charge on any atom is -0.440 e. The van der Waals surface area contributed by atoms with Crippen molar-refractivity contribution in [1.82, 2.24) is 19.1 Å². The zero-order chi connectivity index (χ0) is 32.3. The Morgan fingerprint density at radius 3 is 1.61 bits per heavy atom. The van der Waals surface area contributed by atoms with Gasteiger partial charge in [0.25, 0.3) is 0 Å². The number of benzene rings is 6. The third kappa shape index (κ3) is 4.33. The molecule has 0 aliphatic rings. The zero-order valence-electron chi connectivity index (χ0n) is 26.4. The largest absolute Gasteiger partial charge is 0.440 e. The third-order valence-electron chi connectivity index (χ3n) is 9.39. The lowest BCUT2D eigenvalue weighted by Crippen LogP contribution is -2.04. The van der Waals surface area contributed by atoms with Crippen LogP contribution in [-0.2, 0) is 0 Å². The van der Waals surface area contributed by atoms with Gasteiger partial charge in [0.2, 0.25) is 11.8 Å². The summed E-state index contributed by atoms with van der Waals surface area (Å²) in [5, 5.41) is 4.57. The Kier molecular flexibility index (Phi) is 6.11. The molecule has 0 atom stereocenters. The zero-order valence-corrected chi connectivity index (χ0v) is 26.4. The van der Waals surface area contributed by atoms with Gasteiger partial charge in [0, 0.05) is 44.3 Å². The number of hydrogen-bond acceptors (Lipinski definition) is 3. The van der Waals surface area contributed by atoms with Crippen molar-refractivity contribution in [2.24, 2.45) is 0 Å². The van der Waals surface area contributed by atoms with Crippen molar-refractivity contribution in [3.8, 4) is 45.7 Å². The second kappa shape index (κ2) is 10.9. The highest BCUT2D eigenvalue weighted by Gasteiger charge is 2.23. The Labute approximate surface area is 282 Å². The fraction of sp³-hybridized carbons (Fsp3) is 0. The predicted molar refractivity (Wildman–Crippen MR) is 199 cm³/mol. The van der Waals surface area contributed by atoms with Crippen molar-refractivity contribution in [2.75, 3.05) is 0 Å². The Bertz CT molecular complexity index is 2750. The van der Waals surface area contributed by atoms with Crippen molar-refractivity contribution >= 4 is 43.6 Å². The maximum Gasteiger partial charge on any atom is 0.235 e. The maximum absolute atomic E-state index is 6.64. The molecule has 4 heterocycles. The van der Waals surface area contributed by atoms with Gasteiger partial charge >= 0.3 is 0 Å². The average Bonchev–Trinajstić information content (AvgIpc) is 3.88. The summed E-state index contributed by atoms with van der Waals surface area (Å²) in [4.78, 5) is 10.5. The molecule has 0 bridgehead atoms. The number of furan rings is 1. The van der Waals surface area contributed by atoms with E-state index in [1.54, 1.807) is 0 Å². The first-order chi connectivity index (χ1) is 24.3. The Morgan fingerprint density at radius 2 is 0.959 bits per heavy atom. The van der Waals surface area contributed by atoms with Gasteiger partial charge in [-0.3, -0.25) is 9.13 Å². The van der Waals surface area contributed by atoms with Gasteiger partial charge in [-0.05, 0) is 30.3 Å². The summed E-state index contributed by atoms with van der Waals surface area (Å²) >= 11 is 0. The van der Waals surface area contributed by atoms with Crippen LogP contribution in [0, 0.1) is 0 Å². The van der Waals surface area contributed by atoms with Crippen LogP contribution >= 0.6 is 0 Å². The van der Waals surface area contributed by atoms with E-state index in [2.05, 4.69) is 124 Å². The monoisotopic (exact) mass is 628 g/mol. The molecule has 0 spiro atoms. The molecule has 6 aromatic carbocycles. The average molecular weight is 629 g/mol. The minimum absolute atomic E-state index is 0.623. The van der Waals surface area contributed by atoms with Crippen LogP contribution in [-0.4, -0.2) is 19.1 Å². The van der Waals surface area contributed by atoms with E-state index in [1.165, 1.54) is 5.39 Å². The van der Waals surface area contributed by atoms with Crippen LogP contribution < -0.4 is 0 Å². The first-order valence-electron chi connectivity index (χ1n) is 16.4. The van der Waals surface area contributed by atoms with Gasteiger partial charge in [-0.2, -0.15) is 0 Å². The summed E-state index contributed by atoms with van der Waals surface area (Å²) in [5.74, 6) is 2.22. The summed E-state index contributed by atoms with van der Waals surface area (Å²) in [6.07, 6.45) is 0. The van der Waals surface area contributed by atoms with Crippen LogP contribution in [0.5, 0.6) is 0 Å². The van der Waals surface area contributed by atoms with Crippen LogP contribution in [0.15, 0.2) is 174 Å². The highest BCUT2D eigenvalue weighted by atomic mass is 16.4. The molecule has 0 aliphatic carbocycles. The highest BCUT2D eigenvalue weighted by molar-refractivity contribution is 6.26. The third-order valence-corrected chi connectivity index (χ3v) is 9.39. The van der Waals surface area contributed by atoms with E-state index in [0.29, 0.717) is 5.95 Å². The number of para-hydroxylation sites is 2. The van der Waals surface area contributed by atoms with Crippen LogP contribution in [0.25, 0.3) is 89.3 Å². The Morgan fingerprint density at radius 1 is 0.408 bits per heavy atom. The molecule has 0 fully saturated rings. The van der Waals surface area contributed by atoms with E-state index in [4.69, 9.17) is 14.4 Å². The highest BCUT2D eigenvalue weighted by Crippen LogP contribution is 2.42. The molecular weight excluding hydrogens is 601 g/mol. The van der Waals surface area contributed by atoms with Crippen molar-refractivity contribution in [3.63, 3.8) is 0 Å². The molecular formula is C44H28N4O. The van der Waals surface area contributed by atoms with Gasteiger partial charge in [-0.1, -0.05) is 133 Å². The van der Waals surface area contributed by atoms with E-state index in [9.17, 15) is 0 Å². The second-order valence-corrected chi connectivity index (χ2v) is 12.2. The molecule has 0 saturated carbocycles. The van der Waals surface area contributed by atoms with Crippen molar-refractivity contribution < 1.29 is 4.42 Å². The van der Waals surface area contributed by atoms with Gasteiger partial charge < -0.3 is 4.42 Å². The van der Waals surface area contributed by atoms with Crippen LogP contribution in [0.4, 0.5) is 0 Å². The van der Waals surface area contributed by atoms with Gasteiger partial charge in [-0.25, -0.2) is 9.97 Å². The summed E-state index contributed by atoms with van der Waals surface area (Å²) in [5.41, 5.74) is 9.10. The number of fused-ring (bicyclic) bond motifs is 7. The molecule has 0 radical (unpaired) electrons. The molecule has 0 saturated heterocycles. The van der Waals surface area contributed by atoms with Crippen LogP contribution in [0.2, 0.25) is 0 Å². The molecule has 230 valence electrons. The molecule has 10 aromatic rings. The van der Waals surface area contributed by atoms with Gasteiger partial charge in [0.05, 0.1) is 33.5 Å². The Balaban J connectivity index is 1.30. The first-order valence-corrected chi connectivity index (χ1v) is 16.4. The lowest BCUT2D eigenvalue weighted by Gasteiger charge is -2.12. The SMILES string of the molecule is c1ccc(-c2cc(-c3ccccc3)nc(-n3c4ccccc4c4c3ccc3c5ccccc5n(-c5ccc(-c6ccccc6)o5)c34)n2)cc1. The summed E-state index contributed by atoms with van der Waals surface area (Å²) in [7, 11) is 0. The van der Waals surface area contributed by atoms with E-state index in [1.807, 2.05) is 54.6 Å². The van der Waals surface area contributed by atoms with Crippen molar-refractivity contribution in [1.29, 1.82) is 0 Å². The molecule has 5 heteroatoms. The van der Waals surface area contributed by atoms with Crippen molar-refractivity contribution in [2.45, 2.75) is 0 Å². The molecule has 49 heavy (non-hydrogen) atoms. The number of rotatable bonds is 5. The molecule has 4 aromatic heterocycles. The van der Waals surface area contributed by atoms with Gasteiger partial charge in [-0.15, -0.1) is 0 Å². The summed E-state index contributed by atoms with van der Waals surface area (Å²) < 4.78 is 11.1. The van der Waals surface area contributed by atoms with E-state index in [0.717, 1.165) is 77.9 Å². The molecule has 10 rings (SSSR count). The predicted octanol–water partition coefficient (Wildman–Crippen LogP) is 11.3. The standard InChI is InChI=1S/C44H28N4O/c1-4-14-29(15-5-1)35-28-36(30-16-6-2-7-17-30)46-44(45-35)47-38-23-13-11-21-34(38)42-39(47)25-24-33-32-20-10-12-22-37(32)48(43(33)42)41-27-26-40(49-41)31-18-8-3-9-19-31/h1-28H.